The number of carbonyl (C=O) groups excluding carboxylic acids is 1. The lowest BCUT2D eigenvalue weighted by Crippen LogP contribution is -2.22. The molecule has 0 unspecified atom stereocenters. The molecule has 0 spiro atoms. The van der Waals surface area contributed by atoms with Gasteiger partial charge < -0.3 is 15.4 Å². The van der Waals surface area contributed by atoms with Gasteiger partial charge in [0.15, 0.2) is 5.75 Å². The molecule has 25 heavy (non-hydrogen) atoms. The molecule has 0 aliphatic heterocycles. The van der Waals surface area contributed by atoms with E-state index >= 15 is 0 Å². The predicted octanol–water partition coefficient (Wildman–Crippen LogP) is 5.37. The Bertz CT molecular complexity index is 740. The number of anilines is 2. The van der Waals surface area contributed by atoms with Gasteiger partial charge in [-0.2, -0.15) is 8.78 Å². The summed E-state index contributed by atoms with van der Waals surface area (Å²) in [5, 5.41) is 6.06. The zero-order valence-corrected chi connectivity index (χ0v) is 15.3. The van der Waals surface area contributed by atoms with Gasteiger partial charge >= 0.3 is 0 Å². The van der Waals surface area contributed by atoms with Crippen LogP contribution in [-0.4, -0.2) is 25.3 Å². The molecule has 0 atom stereocenters. The van der Waals surface area contributed by atoms with Crippen molar-refractivity contribution in [2.24, 2.45) is 0 Å². The van der Waals surface area contributed by atoms with Crippen LogP contribution in [0, 0.1) is 0 Å². The van der Waals surface area contributed by atoms with Gasteiger partial charge in [-0.1, -0.05) is 47.1 Å². The fraction of sp³-hybridized carbons (Fsp3) is 0.188. The Morgan fingerprint density at radius 1 is 1.24 bits per heavy atom. The lowest BCUT2D eigenvalue weighted by Gasteiger charge is -2.12. The second kappa shape index (κ2) is 9.12. The van der Waals surface area contributed by atoms with Crippen LogP contribution in [0.5, 0.6) is 5.75 Å². The fourth-order valence-corrected chi connectivity index (χ4v) is 3.24. The second-order valence-corrected chi connectivity index (χ2v) is 6.60. The molecule has 0 aliphatic carbocycles. The first-order valence-electron chi connectivity index (χ1n) is 7.01. The third-order valence-corrected chi connectivity index (χ3v) is 4.38. The highest BCUT2D eigenvalue weighted by Crippen LogP contribution is 2.35. The number of hydrogen-bond donors (Lipinski definition) is 2. The van der Waals surface area contributed by atoms with Crippen molar-refractivity contribution in [1.82, 2.24) is 0 Å². The van der Waals surface area contributed by atoms with Crippen LogP contribution in [0.2, 0.25) is 10.0 Å². The number of para-hydroxylation sites is 1. The van der Waals surface area contributed by atoms with E-state index in [1.54, 1.807) is 30.3 Å². The molecule has 2 N–H and O–H groups in total. The van der Waals surface area contributed by atoms with Crippen molar-refractivity contribution in [3.63, 3.8) is 0 Å². The Hall–Kier alpha value is -1.70. The van der Waals surface area contributed by atoms with E-state index in [9.17, 15) is 13.6 Å². The highest BCUT2D eigenvalue weighted by Gasteiger charge is 2.13. The number of hydrogen-bond acceptors (Lipinski definition) is 4. The van der Waals surface area contributed by atoms with E-state index in [0.717, 1.165) is 0 Å². The molecule has 0 saturated carbocycles. The second-order valence-electron chi connectivity index (χ2n) is 4.75. The number of methoxy groups -OCH3 is 1. The maximum absolute atomic E-state index is 12.5. The summed E-state index contributed by atoms with van der Waals surface area (Å²) >= 11 is 12.4. The molecule has 2 aromatic carbocycles. The Morgan fingerprint density at radius 2 is 1.88 bits per heavy atom. The third-order valence-electron chi connectivity index (χ3n) is 3.03. The number of amides is 1. The van der Waals surface area contributed by atoms with Gasteiger partial charge in [0.25, 0.3) is 5.76 Å². The van der Waals surface area contributed by atoms with Crippen molar-refractivity contribution in [2.75, 3.05) is 24.3 Å². The number of nitrogens with one attached hydrogen (secondary N) is 2. The van der Waals surface area contributed by atoms with Crippen LogP contribution in [0.25, 0.3) is 0 Å². The zero-order chi connectivity index (χ0) is 18.4. The Morgan fingerprint density at radius 3 is 2.48 bits per heavy atom. The van der Waals surface area contributed by atoms with Crippen molar-refractivity contribution in [3.05, 3.63) is 46.4 Å². The molecule has 134 valence electrons. The number of rotatable bonds is 7. The normalized spacial score (nSPS) is 10.6. The summed E-state index contributed by atoms with van der Waals surface area (Å²) in [6.07, 6.45) is 0. The number of ether oxygens (including phenoxy) is 1. The average molecular weight is 407 g/mol. The highest BCUT2D eigenvalue weighted by molar-refractivity contribution is 7.99. The molecular weight excluding hydrogens is 393 g/mol. The summed E-state index contributed by atoms with van der Waals surface area (Å²) in [7, 11) is 1.45. The first-order chi connectivity index (χ1) is 11.9. The van der Waals surface area contributed by atoms with Crippen molar-refractivity contribution < 1.29 is 18.3 Å². The van der Waals surface area contributed by atoms with Crippen molar-refractivity contribution in [1.29, 1.82) is 0 Å². The predicted molar refractivity (Wildman–Crippen MR) is 98.4 cm³/mol. The van der Waals surface area contributed by atoms with E-state index in [2.05, 4.69) is 10.6 Å². The van der Waals surface area contributed by atoms with E-state index in [1.807, 2.05) is 0 Å². The van der Waals surface area contributed by atoms with Crippen LogP contribution < -0.4 is 15.4 Å². The molecule has 9 heteroatoms. The molecule has 0 bridgehead atoms. The fourth-order valence-electron chi connectivity index (χ4n) is 2.00. The Balaban J connectivity index is 2.00. The minimum Gasteiger partial charge on any atom is -0.494 e. The van der Waals surface area contributed by atoms with E-state index in [0.29, 0.717) is 43.8 Å². The summed E-state index contributed by atoms with van der Waals surface area (Å²) < 4.78 is 30.1. The van der Waals surface area contributed by atoms with Crippen LogP contribution in [0.15, 0.2) is 41.3 Å². The maximum atomic E-state index is 12.5. The van der Waals surface area contributed by atoms with Gasteiger partial charge in [0.1, 0.15) is 0 Å². The van der Waals surface area contributed by atoms with Crippen molar-refractivity contribution >= 4 is 52.2 Å². The van der Waals surface area contributed by atoms with Crippen LogP contribution in [0.4, 0.5) is 20.2 Å². The van der Waals surface area contributed by atoms with Crippen LogP contribution >= 0.6 is 35.0 Å². The average Bonchev–Trinajstić information content (AvgIpc) is 2.54. The van der Waals surface area contributed by atoms with Gasteiger partial charge in [0, 0.05) is 10.6 Å². The van der Waals surface area contributed by atoms with Crippen molar-refractivity contribution in [3.8, 4) is 5.75 Å². The SMILES string of the molecule is COc1c(Cl)cc(NCC(=O)Nc2ccccc2SC(F)F)cc1Cl. The number of halogens is 4. The topological polar surface area (TPSA) is 50.4 Å². The number of alkyl halides is 2. The highest BCUT2D eigenvalue weighted by atomic mass is 35.5. The largest absolute Gasteiger partial charge is 0.494 e. The molecule has 1 amide bonds. The summed E-state index contributed by atoms with van der Waals surface area (Å²) in [6, 6.07) is 9.49. The minimum atomic E-state index is -2.57. The molecule has 0 aromatic heterocycles. The van der Waals surface area contributed by atoms with Gasteiger partial charge in [0.05, 0.1) is 29.4 Å². The van der Waals surface area contributed by atoms with Crippen LogP contribution in [0.3, 0.4) is 0 Å². The minimum absolute atomic E-state index is 0.0906. The summed E-state index contributed by atoms with van der Waals surface area (Å²) in [6.45, 7) is -0.0906. The molecule has 2 rings (SSSR count). The first kappa shape index (κ1) is 19.6. The lowest BCUT2D eigenvalue weighted by molar-refractivity contribution is -0.114. The monoisotopic (exact) mass is 406 g/mol. The molecule has 0 saturated heterocycles. The van der Waals surface area contributed by atoms with Gasteiger partial charge in [0.2, 0.25) is 5.91 Å². The maximum Gasteiger partial charge on any atom is 0.288 e. The molecule has 0 radical (unpaired) electrons. The summed E-state index contributed by atoms with van der Waals surface area (Å²) in [5.41, 5.74) is 0.853. The molecule has 4 nitrogen and oxygen atoms in total. The quantitative estimate of drug-likeness (QED) is 0.607. The van der Waals surface area contributed by atoms with E-state index < -0.39 is 11.7 Å². The molecule has 2 aromatic rings. The first-order valence-corrected chi connectivity index (χ1v) is 8.65. The van der Waals surface area contributed by atoms with Gasteiger partial charge in [-0.25, -0.2) is 0 Å². The van der Waals surface area contributed by atoms with E-state index in [1.165, 1.54) is 13.2 Å². The van der Waals surface area contributed by atoms with Gasteiger partial charge in [-0.05, 0) is 24.3 Å². The van der Waals surface area contributed by atoms with Gasteiger partial charge in [-0.15, -0.1) is 0 Å². The zero-order valence-electron chi connectivity index (χ0n) is 13.0. The molecule has 0 fully saturated rings. The third kappa shape index (κ3) is 5.66. The standard InChI is InChI=1S/C16H14Cl2F2N2O2S/c1-24-15-10(17)6-9(7-11(15)18)21-8-14(23)22-12-4-2-3-5-13(12)25-16(19)20/h2-7,16,21H,8H2,1H3,(H,22,23). The number of carbonyl (C=O) groups is 1. The molecule has 0 heterocycles. The smallest absolute Gasteiger partial charge is 0.288 e. The summed E-state index contributed by atoms with van der Waals surface area (Å²) in [5.74, 6) is -2.62. The number of thioether (sulfide) groups is 1. The van der Waals surface area contributed by atoms with Crippen LogP contribution in [-0.2, 0) is 4.79 Å². The molecule has 0 aliphatic rings. The number of benzene rings is 2. The summed E-state index contributed by atoms with van der Waals surface area (Å²) in [4.78, 5) is 12.3. The van der Waals surface area contributed by atoms with E-state index in [4.69, 9.17) is 27.9 Å². The Kier molecular flexibility index (Phi) is 7.16. The Labute approximate surface area is 157 Å². The van der Waals surface area contributed by atoms with E-state index in [-0.39, 0.29) is 6.54 Å². The van der Waals surface area contributed by atoms with Crippen LogP contribution in [0.1, 0.15) is 0 Å². The van der Waals surface area contributed by atoms with Gasteiger partial charge in [-0.3, -0.25) is 4.79 Å². The van der Waals surface area contributed by atoms with Crippen molar-refractivity contribution in [2.45, 2.75) is 10.7 Å². The molecular formula is C16H14Cl2F2N2O2S. The lowest BCUT2D eigenvalue weighted by atomic mass is 10.3.